The number of benzene rings is 2. The van der Waals surface area contributed by atoms with E-state index >= 15 is 0 Å². The average Bonchev–Trinajstić information content (AvgIpc) is 3.10. The van der Waals surface area contributed by atoms with Crippen molar-refractivity contribution in [2.24, 2.45) is 0 Å². The summed E-state index contributed by atoms with van der Waals surface area (Å²) in [4.78, 5) is 14.2. The molecule has 0 bridgehead atoms. The van der Waals surface area contributed by atoms with Crippen LogP contribution in [0.3, 0.4) is 0 Å². The smallest absolute Gasteiger partial charge is 0.203 e. The maximum atomic E-state index is 5.56. The van der Waals surface area contributed by atoms with Crippen LogP contribution in [0.4, 0.5) is 0 Å². The first kappa shape index (κ1) is 32.8. The van der Waals surface area contributed by atoms with E-state index in [4.69, 9.17) is 28.4 Å². The summed E-state index contributed by atoms with van der Waals surface area (Å²) in [6.07, 6.45) is 7.88. The van der Waals surface area contributed by atoms with Crippen molar-refractivity contribution in [2.75, 3.05) is 62.8 Å². The molecule has 0 N–H and O–H groups in total. The van der Waals surface area contributed by atoms with Crippen LogP contribution in [-0.4, -0.2) is 88.6 Å². The van der Waals surface area contributed by atoms with Crippen molar-refractivity contribution in [1.82, 2.24) is 19.8 Å². The predicted molar refractivity (Wildman–Crippen MR) is 178 cm³/mol. The number of ether oxygens (including phenoxy) is 6. The monoisotopic (exact) mass is 628 g/mol. The molecule has 1 saturated heterocycles. The molecule has 3 heterocycles. The molecule has 0 amide bonds. The van der Waals surface area contributed by atoms with Crippen LogP contribution < -0.4 is 28.4 Å². The Labute approximate surface area is 271 Å². The highest BCUT2D eigenvalue weighted by Gasteiger charge is 2.23. The minimum absolute atomic E-state index is 0.494. The molecule has 0 saturated carbocycles. The molecule has 2 aromatic heterocycles. The van der Waals surface area contributed by atoms with Crippen LogP contribution >= 0.6 is 0 Å². The molecule has 0 unspecified atom stereocenters. The SMILES string of the molecule is COc1cc(-c2cncc(CN(C)C3CCN(Cc4ccnc(-c5cc(OC)c(OC)c(OC)c5)c4)CC3)c2)cc(OC)c1OC. The van der Waals surface area contributed by atoms with E-state index in [1.54, 1.807) is 42.7 Å². The van der Waals surface area contributed by atoms with E-state index in [0.717, 1.165) is 67.0 Å². The highest BCUT2D eigenvalue weighted by Crippen LogP contribution is 2.42. The molecular formula is C36H44N4O6. The predicted octanol–water partition coefficient (Wildman–Crippen LogP) is 5.96. The number of rotatable bonds is 13. The zero-order valence-electron chi connectivity index (χ0n) is 27.8. The molecule has 1 fully saturated rings. The fourth-order valence-electron chi connectivity index (χ4n) is 6.13. The van der Waals surface area contributed by atoms with E-state index in [9.17, 15) is 0 Å². The second-order valence-electron chi connectivity index (χ2n) is 11.4. The topological polar surface area (TPSA) is 87.6 Å². The lowest BCUT2D eigenvalue weighted by molar-refractivity contribution is 0.119. The Bertz CT molecular complexity index is 1570. The highest BCUT2D eigenvalue weighted by atomic mass is 16.5. The third-order valence-corrected chi connectivity index (χ3v) is 8.60. The fraction of sp³-hybridized carbons (Fsp3) is 0.389. The first-order chi connectivity index (χ1) is 22.4. The molecule has 10 heteroatoms. The Balaban J connectivity index is 1.20. The van der Waals surface area contributed by atoms with Gasteiger partial charge < -0.3 is 28.4 Å². The average molecular weight is 629 g/mol. The van der Waals surface area contributed by atoms with Gasteiger partial charge in [-0.25, -0.2) is 0 Å². The van der Waals surface area contributed by atoms with Crippen LogP contribution in [0.15, 0.2) is 61.1 Å². The van der Waals surface area contributed by atoms with E-state index in [2.05, 4.69) is 45.0 Å². The number of hydrogen-bond acceptors (Lipinski definition) is 10. The Morgan fingerprint density at radius 2 is 1.24 bits per heavy atom. The normalized spacial score (nSPS) is 13.8. The number of pyridine rings is 2. The Morgan fingerprint density at radius 1 is 0.674 bits per heavy atom. The molecule has 5 rings (SSSR count). The van der Waals surface area contributed by atoms with Crippen LogP contribution in [0.2, 0.25) is 0 Å². The molecule has 46 heavy (non-hydrogen) atoms. The number of likely N-dealkylation sites (tertiary alicyclic amines) is 1. The van der Waals surface area contributed by atoms with Crippen LogP contribution in [0.25, 0.3) is 22.4 Å². The van der Waals surface area contributed by atoms with Gasteiger partial charge in [0.05, 0.1) is 48.4 Å². The van der Waals surface area contributed by atoms with Gasteiger partial charge >= 0.3 is 0 Å². The summed E-state index contributed by atoms with van der Waals surface area (Å²) in [6, 6.07) is 14.7. The van der Waals surface area contributed by atoms with Gasteiger partial charge in [-0.3, -0.25) is 19.8 Å². The number of hydrogen-bond donors (Lipinski definition) is 0. The fourth-order valence-corrected chi connectivity index (χ4v) is 6.13. The maximum absolute atomic E-state index is 5.56. The molecule has 0 radical (unpaired) electrons. The van der Waals surface area contributed by atoms with Gasteiger partial charge in [-0.2, -0.15) is 0 Å². The molecule has 0 aliphatic carbocycles. The summed E-state index contributed by atoms with van der Waals surface area (Å²) in [5, 5.41) is 0. The summed E-state index contributed by atoms with van der Waals surface area (Å²) in [5.74, 6) is 3.61. The second kappa shape index (κ2) is 15.2. The minimum atomic E-state index is 0.494. The zero-order valence-corrected chi connectivity index (χ0v) is 27.8. The molecular weight excluding hydrogens is 584 g/mol. The first-order valence-corrected chi connectivity index (χ1v) is 15.3. The summed E-state index contributed by atoms with van der Waals surface area (Å²) < 4.78 is 33.2. The highest BCUT2D eigenvalue weighted by molar-refractivity contribution is 5.71. The molecule has 10 nitrogen and oxygen atoms in total. The molecule has 244 valence electrons. The van der Waals surface area contributed by atoms with Crippen molar-refractivity contribution < 1.29 is 28.4 Å². The lowest BCUT2D eigenvalue weighted by atomic mass is 10.0. The summed E-state index contributed by atoms with van der Waals surface area (Å²) in [7, 11) is 11.9. The summed E-state index contributed by atoms with van der Waals surface area (Å²) >= 11 is 0. The van der Waals surface area contributed by atoms with Gasteiger partial charge in [-0.1, -0.05) is 0 Å². The zero-order chi connectivity index (χ0) is 32.6. The van der Waals surface area contributed by atoms with Crippen LogP contribution in [0.1, 0.15) is 24.0 Å². The van der Waals surface area contributed by atoms with Gasteiger partial charge in [0.1, 0.15) is 0 Å². The Kier molecular flexibility index (Phi) is 10.8. The van der Waals surface area contributed by atoms with E-state index < -0.39 is 0 Å². The molecule has 1 aliphatic heterocycles. The molecule has 4 aromatic rings. The van der Waals surface area contributed by atoms with Crippen molar-refractivity contribution in [2.45, 2.75) is 32.0 Å². The Hall–Kier alpha value is -4.54. The van der Waals surface area contributed by atoms with Crippen LogP contribution in [0.5, 0.6) is 34.5 Å². The summed E-state index contributed by atoms with van der Waals surface area (Å²) in [5.41, 5.74) is 6.13. The van der Waals surface area contributed by atoms with E-state index in [0.29, 0.717) is 40.5 Å². The van der Waals surface area contributed by atoms with Crippen molar-refractivity contribution in [1.29, 1.82) is 0 Å². The molecule has 0 atom stereocenters. The molecule has 1 aliphatic rings. The van der Waals surface area contributed by atoms with E-state index in [-0.39, 0.29) is 0 Å². The van der Waals surface area contributed by atoms with Gasteiger partial charge in [-0.05, 0) is 92.1 Å². The maximum Gasteiger partial charge on any atom is 0.203 e. The number of aromatic nitrogens is 2. The van der Waals surface area contributed by atoms with Gasteiger partial charge in [0.25, 0.3) is 0 Å². The van der Waals surface area contributed by atoms with Gasteiger partial charge in [0.2, 0.25) is 11.5 Å². The lowest BCUT2D eigenvalue weighted by Gasteiger charge is -2.37. The van der Waals surface area contributed by atoms with Gasteiger partial charge in [-0.15, -0.1) is 0 Å². The van der Waals surface area contributed by atoms with Crippen LogP contribution in [0, 0.1) is 0 Å². The quantitative estimate of drug-likeness (QED) is 0.177. The van der Waals surface area contributed by atoms with E-state index in [1.165, 1.54) is 5.56 Å². The third-order valence-electron chi connectivity index (χ3n) is 8.60. The number of methoxy groups -OCH3 is 6. The van der Waals surface area contributed by atoms with Crippen molar-refractivity contribution in [3.05, 3.63) is 72.2 Å². The molecule has 2 aromatic carbocycles. The second-order valence-corrected chi connectivity index (χ2v) is 11.4. The number of nitrogens with zero attached hydrogens (tertiary/aromatic N) is 4. The molecule has 0 spiro atoms. The largest absolute Gasteiger partial charge is 0.493 e. The van der Waals surface area contributed by atoms with Crippen molar-refractivity contribution in [3.8, 4) is 56.9 Å². The number of piperidine rings is 1. The van der Waals surface area contributed by atoms with Gasteiger partial charge in [0, 0.05) is 48.8 Å². The van der Waals surface area contributed by atoms with Crippen molar-refractivity contribution >= 4 is 0 Å². The van der Waals surface area contributed by atoms with Gasteiger partial charge in [0.15, 0.2) is 23.0 Å². The first-order valence-electron chi connectivity index (χ1n) is 15.3. The van der Waals surface area contributed by atoms with Crippen molar-refractivity contribution in [3.63, 3.8) is 0 Å². The van der Waals surface area contributed by atoms with Crippen LogP contribution in [-0.2, 0) is 13.1 Å². The third kappa shape index (κ3) is 7.29. The summed E-state index contributed by atoms with van der Waals surface area (Å²) in [6.45, 7) is 3.75. The Morgan fingerprint density at radius 3 is 1.78 bits per heavy atom. The minimum Gasteiger partial charge on any atom is -0.493 e. The lowest BCUT2D eigenvalue weighted by Crippen LogP contribution is -2.42. The van der Waals surface area contributed by atoms with E-state index in [1.807, 2.05) is 42.9 Å². The standard InChI is InChI=1S/C36H44N4O6/c1-39(22-25-14-28(21-37-20-25)26-16-31(41-2)35(45-6)32(17-26)42-3)29-9-12-40(13-10-29)23-24-8-11-38-30(15-24)27-18-33(43-4)36(46-7)34(19-27)44-5/h8,11,14-21,29H,9-10,12-13,22-23H2,1-7H3.